The van der Waals surface area contributed by atoms with Gasteiger partial charge in [-0.05, 0) is 98.6 Å². The van der Waals surface area contributed by atoms with Crippen LogP contribution in [-0.4, -0.2) is 14.7 Å². The summed E-state index contributed by atoms with van der Waals surface area (Å²) >= 11 is 12.3. The van der Waals surface area contributed by atoms with E-state index in [1.54, 1.807) is 0 Å². The number of hydrogen-bond acceptors (Lipinski definition) is 2. The summed E-state index contributed by atoms with van der Waals surface area (Å²) < 4.78 is 2.30. The van der Waals surface area contributed by atoms with Gasteiger partial charge in [0.25, 0.3) is 0 Å². The van der Waals surface area contributed by atoms with Crippen LogP contribution in [0.4, 0.5) is 5.69 Å². The summed E-state index contributed by atoms with van der Waals surface area (Å²) in [4.78, 5) is 6.94. The molecule has 0 amide bonds. The van der Waals surface area contributed by atoms with Crippen LogP contribution in [0.25, 0.3) is 5.69 Å². The van der Waals surface area contributed by atoms with Crippen LogP contribution in [0.2, 0.25) is 5.02 Å². The van der Waals surface area contributed by atoms with Crippen molar-refractivity contribution in [3.8, 4) is 5.69 Å². The van der Waals surface area contributed by atoms with Crippen LogP contribution in [0.15, 0.2) is 72.9 Å². The average Bonchev–Trinajstić information content (AvgIpc) is 3.36. The third kappa shape index (κ3) is 4.24. The van der Waals surface area contributed by atoms with Crippen molar-refractivity contribution in [1.29, 1.82) is 0 Å². The standard InChI is InChI=1S/C29H29ClN4S/c1-5-21-10-13-23(14-11-21)34-28(27(32-29(34)35)25-8-6-7-15-31-25)24-16-19(3)33(20(24)4)26-17-22(30)12-9-18(26)2/h6-17,27-28H,5H2,1-4H3,(H,32,35)/t27-,28-/m0/s1. The molecule has 4 aromatic rings. The van der Waals surface area contributed by atoms with E-state index < -0.39 is 0 Å². The second kappa shape index (κ2) is 9.48. The van der Waals surface area contributed by atoms with E-state index in [9.17, 15) is 0 Å². The first kappa shape index (κ1) is 23.6. The zero-order valence-corrected chi connectivity index (χ0v) is 22.0. The lowest BCUT2D eigenvalue weighted by Gasteiger charge is -2.28. The quantitative estimate of drug-likeness (QED) is 0.294. The van der Waals surface area contributed by atoms with E-state index >= 15 is 0 Å². The Balaban J connectivity index is 1.68. The van der Waals surface area contributed by atoms with E-state index in [4.69, 9.17) is 28.8 Å². The molecule has 0 radical (unpaired) electrons. The van der Waals surface area contributed by atoms with Gasteiger partial charge >= 0.3 is 0 Å². The van der Waals surface area contributed by atoms with Gasteiger partial charge in [0.05, 0.1) is 17.8 Å². The van der Waals surface area contributed by atoms with Crippen molar-refractivity contribution in [3.05, 3.63) is 112 Å². The highest BCUT2D eigenvalue weighted by Gasteiger charge is 2.42. The van der Waals surface area contributed by atoms with Crippen LogP contribution >= 0.6 is 23.8 Å². The zero-order chi connectivity index (χ0) is 24.7. The van der Waals surface area contributed by atoms with Crippen molar-refractivity contribution in [1.82, 2.24) is 14.9 Å². The van der Waals surface area contributed by atoms with E-state index in [2.05, 4.69) is 84.9 Å². The molecule has 4 nitrogen and oxygen atoms in total. The molecule has 1 fully saturated rings. The largest absolute Gasteiger partial charge is 0.351 e. The van der Waals surface area contributed by atoms with Gasteiger partial charge in [-0.15, -0.1) is 0 Å². The molecule has 1 aliphatic rings. The summed E-state index contributed by atoms with van der Waals surface area (Å²) in [6.07, 6.45) is 2.84. The fourth-order valence-electron chi connectivity index (χ4n) is 5.12. The van der Waals surface area contributed by atoms with Gasteiger partial charge in [-0.1, -0.05) is 42.8 Å². The molecule has 2 aromatic heterocycles. The van der Waals surface area contributed by atoms with Crippen molar-refractivity contribution in [3.63, 3.8) is 0 Å². The van der Waals surface area contributed by atoms with Gasteiger partial charge in [0.2, 0.25) is 0 Å². The van der Waals surface area contributed by atoms with E-state index in [1.165, 1.54) is 22.4 Å². The number of benzene rings is 2. The Morgan fingerprint density at radius 1 is 1.00 bits per heavy atom. The molecular formula is C29H29ClN4S. The topological polar surface area (TPSA) is 33.1 Å². The highest BCUT2D eigenvalue weighted by Crippen LogP contribution is 2.44. The Morgan fingerprint density at radius 3 is 2.46 bits per heavy atom. The normalized spacial score (nSPS) is 17.6. The number of nitrogens with zero attached hydrogens (tertiary/aromatic N) is 3. The summed E-state index contributed by atoms with van der Waals surface area (Å²) in [5.41, 5.74) is 9.16. The Morgan fingerprint density at radius 2 is 1.77 bits per heavy atom. The molecular weight excluding hydrogens is 472 g/mol. The lowest BCUT2D eigenvalue weighted by Crippen LogP contribution is -2.29. The minimum atomic E-state index is -0.0797. The molecule has 0 spiro atoms. The van der Waals surface area contributed by atoms with Crippen LogP contribution in [-0.2, 0) is 6.42 Å². The van der Waals surface area contributed by atoms with Crippen LogP contribution in [0.5, 0.6) is 0 Å². The molecule has 3 heterocycles. The van der Waals surface area contributed by atoms with Gasteiger partial charge in [0.1, 0.15) is 0 Å². The summed E-state index contributed by atoms with van der Waals surface area (Å²) in [6.45, 7) is 8.62. The average molecular weight is 501 g/mol. The van der Waals surface area contributed by atoms with Crippen LogP contribution in [0.3, 0.4) is 0 Å². The van der Waals surface area contributed by atoms with Crippen LogP contribution in [0.1, 0.15) is 52.8 Å². The minimum absolute atomic E-state index is 0.0516. The third-order valence-electron chi connectivity index (χ3n) is 6.92. The van der Waals surface area contributed by atoms with Crippen LogP contribution < -0.4 is 10.2 Å². The first-order valence-electron chi connectivity index (χ1n) is 11.9. The predicted octanol–water partition coefficient (Wildman–Crippen LogP) is 7.19. The maximum Gasteiger partial charge on any atom is 0.174 e. The van der Waals surface area contributed by atoms with Gasteiger partial charge in [0.15, 0.2) is 5.11 Å². The lowest BCUT2D eigenvalue weighted by atomic mass is 9.96. The van der Waals surface area contributed by atoms with Gasteiger partial charge in [-0.2, -0.15) is 0 Å². The highest BCUT2D eigenvalue weighted by molar-refractivity contribution is 7.80. The number of hydrogen-bond donors (Lipinski definition) is 1. The smallest absolute Gasteiger partial charge is 0.174 e. The molecule has 5 rings (SSSR count). The summed E-state index contributed by atoms with van der Waals surface area (Å²) in [5.74, 6) is 0. The van der Waals surface area contributed by atoms with Crippen LogP contribution in [0, 0.1) is 20.8 Å². The van der Waals surface area contributed by atoms with Crippen molar-refractivity contribution >= 4 is 34.6 Å². The van der Waals surface area contributed by atoms with E-state index in [-0.39, 0.29) is 12.1 Å². The minimum Gasteiger partial charge on any atom is -0.351 e. The Bertz CT molecular complexity index is 1380. The third-order valence-corrected chi connectivity index (χ3v) is 7.47. The number of halogens is 1. The maximum atomic E-state index is 6.40. The first-order valence-corrected chi connectivity index (χ1v) is 12.7. The molecule has 178 valence electrons. The number of aryl methyl sites for hydroxylation is 3. The van der Waals surface area contributed by atoms with Crippen molar-refractivity contribution in [2.45, 2.75) is 46.2 Å². The molecule has 6 heteroatoms. The Labute approximate surface area is 217 Å². The molecule has 0 unspecified atom stereocenters. The highest BCUT2D eigenvalue weighted by atomic mass is 35.5. The fraction of sp³-hybridized carbons (Fsp3) is 0.241. The van der Waals surface area contributed by atoms with Gasteiger partial charge < -0.3 is 14.8 Å². The molecule has 2 atom stereocenters. The van der Waals surface area contributed by atoms with Gasteiger partial charge in [0, 0.05) is 34.0 Å². The van der Waals surface area contributed by atoms with Crippen molar-refractivity contribution < 1.29 is 0 Å². The number of anilines is 1. The molecule has 2 aromatic carbocycles. The maximum absolute atomic E-state index is 6.40. The number of rotatable bonds is 5. The van der Waals surface area contributed by atoms with E-state index in [1.807, 2.05) is 30.5 Å². The number of pyridine rings is 1. The fourth-order valence-corrected chi connectivity index (χ4v) is 5.63. The summed E-state index contributed by atoms with van der Waals surface area (Å²) in [6, 6.07) is 22.9. The van der Waals surface area contributed by atoms with Crippen molar-refractivity contribution in [2.75, 3.05) is 4.90 Å². The van der Waals surface area contributed by atoms with Gasteiger partial charge in [-0.3, -0.25) is 4.98 Å². The summed E-state index contributed by atoms with van der Waals surface area (Å²) in [5, 5.41) is 5.01. The molecule has 0 bridgehead atoms. The lowest BCUT2D eigenvalue weighted by molar-refractivity contribution is 0.565. The molecule has 0 aliphatic carbocycles. The Hall–Kier alpha value is -3.15. The predicted molar refractivity (Wildman–Crippen MR) is 149 cm³/mol. The molecule has 1 saturated heterocycles. The first-order chi connectivity index (χ1) is 16.9. The van der Waals surface area contributed by atoms with Gasteiger partial charge in [-0.25, -0.2) is 0 Å². The molecule has 1 aliphatic heterocycles. The second-order valence-electron chi connectivity index (χ2n) is 9.11. The number of thiocarbonyl (C=S) groups is 1. The molecule has 0 saturated carbocycles. The summed E-state index contributed by atoms with van der Waals surface area (Å²) in [7, 11) is 0. The number of nitrogens with one attached hydrogen (secondary N) is 1. The van der Waals surface area contributed by atoms with Crippen molar-refractivity contribution in [2.24, 2.45) is 0 Å². The SMILES string of the molecule is CCc1ccc(N2C(=S)N[C@@H](c3ccccn3)[C@@H]2c2cc(C)n(-c3cc(Cl)ccc3C)c2C)cc1. The monoisotopic (exact) mass is 500 g/mol. The zero-order valence-electron chi connectivity index (χ0n) is 20.4. The number of aromatic nitrogens is 2. The molecule has 35 heavy (non-hydrogen) atoms. The Kier molecular flexibility index (Phi) is 6.39. The van der Waals surface area contributed by atoms with E-state index in [0.29, 0.717) is 5.11 Å². The molecule has 1 N–H and O–H groups in total. The van der Waals surface area contributed by atoms with E-state index in [0.717, 1.165) is 34.2 Å². The second-order valence-corrected chi connectivity index (χ2v) is 9.93.